The quantitative estimate of drug-likeness (QED) is 0.860. The lowest BCUT2D eigenvalue weighted by molar-refractivity contribution is -0.128. The fourth-order valence-electron chi connectivity index (χ4n) is 2.97. The maximum absolute atomic E-state index is 12.3. The third-order valence-electron chi connectivity index (χ3n) is 4.40. The second-order valence-corrected chi connectivity index (χ2v) is 7.46. The lowest BCUT2D eigenvalue weighted by Gasteiger charge is -2.15. The number of hydrogen-bond donors (Lipinski definition) is 2. The van der Waals surface area contributed by atoms with Crippen molar-refractivity contribution in [2.75, 3.05) is 5.32 Å². The van der Waals surface area contributed by atoms with Crippen molar-refractivity contribution in [3.8, 4) is 10.6 Å². The maximum atomic E-state index is 12.3. The van der Waals surface area contributed by atoms with Crippen molar-refractivity contribution >= 4 is 28.3 Å². The summed E-state index contributed by atoms with van der Waals surface area (Å²) in [4.78, 5) is 24.4. The number of aromatic nitrogens is 2. The lowest BCUT2D eigenvalue weighted by Crippen LogP contribution is -2.43. The third kappa shape index (κ3) is 4.42. The van der Waals surface area contributed by atoms with Crippen LogP contribution in [0.15, 0.2) is 24.3 Å². The van der Waals surface area contributed by atoms with Gasteiger partial charge in [-0.25, -0.2) is 0 Å². The van der Waals surface area contributed by atoms with E-state index in [1.165, 1.54) is 11.3 Å². The van der Waals surface area contributed by atoms with E-state index in [0.717, 1.165) is 41.8 Å². The van der Waals surface area contributed by atoms with E-state index in [2.05, 4.69) is 20.8 Å². The molecule has 7 heteroatoms. The van der Waals surface area contributed by atoms with Gasteiger partial charge >= 0.3 is 0 Å². The topological polar surface area (TPSA) is 84.0 Å². The Balaban J connectivity index is 1.58. The molecule has 1 aliphatic rings. The second-order valence-electron chi connectivity index (χ2n) is 6.48. The van der Waals surface area contributed by atoms with Crippen LogP contribution in [-0.4, -0.2) is 28.1 Å². The Morgan fingerprint density at radius 3 is 2.72 bits per heavy atom. The van der Waals surface area contributed by atoms with E-state index in [1.807, 2.05) is 31.2 Å². The van der Waals surface area contributed by atoms with Crippen molar-refractivity contribution < 1.29 is 9.59 Å². The Hall–Kier alpha value is -2.28. The SMILES string of the molecule is Cc1cccc(-c2nnc(NC(=O)C(C)NC(=O)C3CCCC3)s2)c1. The first-order chi connectivity index (χ1) is 12.0. The minimum absolute atomic E-state index is 0.0298. The fourth-order valence-corrected chi connectivity index (χ4v) is 3.71. The first kappa shape index (κ1) is 17.5. The van der Waals surface area contributed by atoms with Crippen LogP contribution in [0.1, 0.15) is 38.2 Å². The molecule has 1 aromatic heterocycles. The Labute approximate surface area is 151 Å². The number of aryl methyl sites for hydroxylation is 1. The average Bonchev–Trinajstić information content (AvgIpc) is 3.26. The number of hydrogen-bond acceptors (Lipinski definition) is 5. The van der Waals surface area contributed by atoms with Crippen molar-refractivity contribution in [1.29, 1.82) is 0 Å². The van der Waals surface area contributed by atoms with Gasteiger partial charge < -0.3 is 5.32 Å². The van der Waals surface area contributed by atoms with Crippen molar-refractivity contribution in [2.45, 2.75) is 45.6 Å². The molecule has 0 spiro atoms. The first-order valence-electron chi connectivity index (χ1n) is 8.54. The molecule has 1 aliphatic carbocycles. The van der Waals surface area contributed by atoms with Gasteiger partial charge in [-0.3, -0.25) is 14.9 Å². The lowest BCUT2D eigenvalue weighted by atomic mass is 10.1. The van der Waals surface area contributed by atoms with Crippen molar-refractivity contribution in [3.63, 3.8) is 0 Å². The van der Waals surface area contributed by atoms with Crippen LogP contribution >= 0.6 is 11.3 Å². The van der Waals surface area contributed by atoms with Gasteiger partial charge in [0.15, 0.2) is 0 Å². The Bertz CT molecular complexity index is 768. The zero-order valence-electron chi connectivity index (χ0n) is 14.4. The van der Waals surface area contributed by atoms with Crippen LogP contribution in [0.25, 0.3) is 10.6 Å². The van der Waals surface area contributed by atoms with E-state index in [9.17, 15) is 9.59 Å². The maximum Gasteiger partial charge on any atom is 0.248 e. The number of carbonyl (C=O) groups is 2. The zero-order valence-corrected chi connectivity index (χ0v) is 15.2. The van der Waals surface area contributed by atoms with Gasteiger partial charge in [-0.05, 0) is 32.8 Å². The Kier molecular flexibility index (Phi) is 5.43. The minimum Gasteiger partial charge on any atom is -0.344 e. The Morgan fingerprint density at radius 1 is 1.24 bits per heavy atom. The third-order valence-corrected chi connectivity index (χ3v) is 5.29. The summed E-state index contributed by atoms with van der Waals surface area (Å²) in [6.45, 7) is 3.70. The van der Waals surface area contributed by atoms with Gasteiger partial charge in [0.05, 0.1) is 0 Å². The molecular weight excluding hydrogens is 336 g/mol. The van der Waals surface area contributed by atoms with Gasteiger partial charge in [0.25, 0.3) is 0 Å². The number of amides is 2. The molecule has 1 atom stereocenters. The highest BCUT2D eigenvalue weighted by Gasteiger charge is 2.25. The number of rotatable bonds is 5. The standard InChI is InChI=1S/C18H22N4O2S/c1-11-6-5-9-14(10-11)17-21-22-18(25-17)20-15(23)12(2)19-16(24)13-7-3-4-8-13/h5-6,9-10,12-13H,3-4,7-8H2,1-2H3,(H,19,24)(H,20,22,23). The molecule has 132 valence electrons. The molecule has 0 saturated heterocycles. The van der Waals surface area contributed by atoms with Gasteiger partial charge in [0.2, 0.25) is 16.9 Å². The van der Waals surface area contributed by atoms with Gasteiger partial charge in [-0.15, -0.1) is 10.2 Å². The summed E-state index contributed by atoms with van der Waals surface area (Å²) < 4.78 is 0. The molecule has 25 heavy (non-hydrogen) atoms. The van der Waals surface area contributed by atoms with Crippen LogP contribution < -0.4 is 10.6 Å². The fraction of sp³-hybridized carbons (Fsp3) is 0.444. The predicted molar refractivity (Wildman–Crippen MR) is 98.3 cm³/mol. The number of carbonyl (C=O) groups excluding carboxylic acids is 2. The van der Waals surface area contributed by atoms with Crippen LogP contribution in [0.2, 0.25) is 0 Å². The van der Waals surface area contributed by atoms with Crippen LogP contribution in [0.3, 0.4) is 0 Å². The number of benzene rings is 1. The molecule has 1 unspecified atom stereocenters. The van der Waals surface area contributed by atoms with Gasteiger partial charge in [0, 0.05) is 11.5 Å². The largest absolute Gasteiger partial charge is 0.344 e. The molecule has 2 N–H and O–H groups in total. The molecule has 1 heterocycles. The molecule has 1 fully saturated rings. The smallest absolute Gasteiger partial charge is 0.248 e. The van der Waals surface area contributed by atoms with Crippen LogP contribution in [-0.2, 0) is 9.59 Å². The van der Waals surface area contributed by atoms with Gasteiger partial charge in [-0.2, -0.15) is 0 Å². The summed E-state index contributed by atoms with van der Waals surface area (Å²) in [5.41, 5.74) is 2.11. The highest BCUT2D eigenvalue weighted by atomic mass is 32.1. The molecule has 0 radical (unpaired) electrons. The predicted octanol–water partition coefficient (Wildman–Crippen LogP) is 3.15. The summed E-state index contributed by atoms with van der Waals surface area (Å²) in [6, 6.07) is 7.37. The van der Waals surface area contributed by atoms with E-state index >= 15 is 0 Å². The van der Waals surface area contributed by atoms with Crippen molar-refractivity contribution in [2.24, 2.45) is 5.92 Å². The Morgan fingerprint density at radius 2 is 2.00 bits per heavy atom. The molecule has 0 aliphatic heterocycles. The summed E-state index contributed by atoms with van der Waals surface area (Å²) in [7, 11) is 0. The molecule has 1 aromatic carbocycles. The average molecular weight is 358 g/mol. The van der Waals surface area contributed by atoms with Crippen molar-refractivity contribution in [1.82, 2.24) is 15.5 Å². The molecular formula is C18H22N4O2S. The van der Waals surface area contributed by atoms with Crippen LogP contribution in [0.5, 0.6) is 0 Å². The molecule has 1 saturated carbocycles. The van der Waals surface area contributed by atoms with Crippen LogP contribution in [0.4, 0.5) is 5.13 Å². The van der Waals surface area contributed by atoms with E-state index in [1.54, 1.807) is 6.92 Å². The molecule has 6 nitrogen and oxygen atoms in total. The highest BCUT2D eigenvalue weighted by Crippen LogP contribution is 2.27. The molecule has 2 amide bonds. The second kappa shape index (κ2) is 7.74. The van der Waals surface area contributed by atoms with Crippen molar-refractivity contribution in [3.05, 3.63) is 29.8 Å². The van der Waals surface area contributed by atoms with E-state index in [0.29, 0.717) is 5.13 Å². The first-order valence-corrected chi connectivity index (χ1v) is 9.36. The normalized spacial score (nSPS) is 15.8. The number of anilines is 1. The van der Waals surface area contributed by atoms with Gasteiger partial charge in [0.1, 0.15) is 11.0 Å². The summed E-state index contributed by atoms with van der Waals surface area (Å²) in [5.74, 6) is -0.263. The van der Waals surface area contributed by atoms with E-state index < -0.39 is 6.04 Å². The minimum atomic E-state index is -0.598. The zero-order chi connectivity index (χ0) is 17.8. The summed E-state index contributed by atoms with van der Waals surface area (Å²) in [5, 5.41) is 14.9. The number of nitrogens with zero attached hydrogens (tertiary/aromatic N) is 2. The molecule has 0 bridgehead atoms. The highest BCUT2D eigenvalue weighted by molar-refractivity contribution is 7.18. The summed E-state index contributed by atoms with van der Waals surface area (Å²) >= 11 is 1.32. The molecule has 2 aromatic rings. The summed E-state index contributed by atoms with van der Waals surface area (Å²) in [6.07, 6.45) is 4.00. The number of nitrogens with one attached hydrogen (secondary N) is 2. The van der Waals surface area contributed by atoms with Crippen LogP contribution in [0, 0.1) is 12.8 Å². The van der Waals surface area contributed by atoms with Gasteiger partial charge in [-0.1, -0.05) is 47.9 Å². The molecule has 3 rings (SSSR count). The van der Waals surface area contributed by atoms with E-state index in [4.69, 9.17) is 0 Å². The monoisotopic (exact) mass is 358 g/mol. The van der Waals surface area contributed by atoms with E-state index in [-0.39, 0.29) is 17.7 Å².